The van der Waals surface area contributed by atoms with Gasteiger partial charge in [0.05, 0.1) is 0 Å². The minimum Gasteiger partial charge on any atom is -0.366 e. The van der Waals surface area contributed by atoms with Gasteiger partial charge < -0.3 is 5.32 Å². The van der Waals surface area contributed by atoms with Crippen molar-refractivity contribution in [3.05, 3.63) is 61.2 Å². The van der Waals surface area contributed by atoms with E-state index in [4.69, 9.17) is 0 Å². The maximum absolute atomic E-state index is 11.8. The number of hydrogen-bond donors (Lipinski definition) is 1. The molecular weight excluding hydrogens is 310 g/mol. The molecule has 5 nitrogen and oxygen atoms in total. The molecule has 1 N–H and O–H groups in total. The molecule has 0 amide bonds. The Bertz CT molecular complexity index is 667. The van der Waals surface area contributed by atoms with Crippen LogP contribution in [0, 0.1) is 0 Å². The first-order chi connectivity index (χ1) is 9.02. The molecule has 0 aliphatic rings. The van der Waals surface area contributed by atoms with Crippen molar-refractivity contribution in [3.8, 4) is 0 Å². The van der Waals surface area contributed by atoms with E-state index in [0.717, 1.165) is 10.1 Å². The van der Waals surface area contributed by atoms with Crippen LogP contribution in [0.3, 0.4) is 0 Å². The molecule has 0 saturated carbocycles. The topological polar surface area (TPSA) is 56.0 Å². The van der Waals surface area contributed by atoms with Crippen LogP contribution < -0.4 is 16.6 Å². The molecule has 0 aliphatic carbocycles. The molecule has 0 spiro atoms. The first-order valence-corrected chi connectivity index (χ1v) is 6.55. The summed E-state index contributed by atoms with van der Waals surface area (Å²) in [4.78, 5) is 23.7. The van der Waals surface area contributed by atoms with Gasteiger partial charge in [0.25, 0.3) is 5.56 Å². The van der Waals surface area contributed by atoms with Crippen molar-refractivity contribution in [1.82, 2.24) is 9.13 Å². The lowest BCUT2D eigenvalue weighted by atomic mass is 10.2. The summed E-state index contributed by atoms with van der Waals surface area (Å²) in [5.41, 5.74) is 0.366. The normalized spacial score (nSPS) is 10.5. The quantitative estimate of drug-likeness (QED) is 0.930. The van der Waals surface area contributed by atoms with E-state index < -0.39 is 0 Å². The van der Waals surface area contributed by atoms with E-state index >= 15 is 0 Å². The van der Waals surface area contributed by atoms with E-state index in [-0.39, 0.29) is 11.2 Å². The first-order valence-electron chi connectivity index (χ1n) is 5.75. The third-order valence-corrected chi connectivity index (χ3v) is 3.63. The van der Waals surface area contributed by atoms with Crippen LogP contribution >= 0.6 is 15.9 Å². The molecule has 0 saturated heterocycles. The van der Waals surface area contributed by atoms with E-state index in [1.807, 2.05) is 30.3 Å². The Morgan fingerprint density at radius 1 is 1.11 bits per heavy atom. The average Bonchev–Trinajstić information content (AvgIpc) is 2.44. The molecule has 19 heavy (non-hydrogen) atoms. The van der Waals surface area contributed by atoms with Gasteiger partial charge in [0, 0.05) is 20.6 Å². The molecule has 1 aromatic carbocycles. The molecule has 6 heteroatoms. The molecular formula is C13H14BrN3O2. The zero-order valence-corrected chi connectivity index (χ0v) is 12.3. The van der Waals surface area contributed by atoms with E-state index in [2.05, 4.69) is 21.2 Å². The van der Waals surface area contributed by atoms with Crippen molar-refractivity contribution < 1.29 is 0 Å². The summed E-state index contributed by atoms with van der Waals surface area (Å²) < 4.78 is 2.83. The molecule has 2 aromatic rings. The predicted molar refractivity (Wildman–Crippen MR) is 78.4 cm³/mol. The number of nitrogens with zero attached hydrogens (tertiary/aromatic N) is 2. The van der Waals surface area contributed by atoms with Gasteiger partial charge in [-0.25, -0.2) is 4.79 Å². The molecule has 2 rings (SSSR count). The summed E-state index contributed by atoms with van der Waals surface area (Å²) in [6.45, 7) is 0.542. The summed E-state index contributed by atoms with van der Waals surface area (Å²) in [6, 6.07) is 9.76. The van der Waals surface area contributed by atoms with Gasteiger partial charge in [-0.05, 0) is 21.5 Å². The van der Waals surface area contributed by atoms with Crippen molar-refractivity contribution in [1.29, 1.82) is 0 Å². The highest BCUT2D eigenvalue weighted by atomic mass is 79.9. The fraction of sp³-hybridized carbons (Fsp3) is 0.231. The fourth-order valence-electron chi connectivity index (χ4n) is 1.78. The van der Waals surface area contributed by atoms with Crippen LogP contribution in [0.2, 0.25) is 0 Å². The molecule has 100 valence electrons. The van der Waals surface area contributed by atoms with Crippen molar-refractivity contribution in [2.24, 2.45) is 14.1 Å². The van der Waals surface area contributed by atoms with Crippen molar-refractivity contribution in [2.75, 3.05) is 5.32 Å². The number of hydrogen-bond acceptors (Lipinski definition) is 3. The first kappa shape index (κ1) is 13.6. The van der Waals surface area contributed by atoms with E-state index in [0.29, 0.717) is 16.8 Å². The number of halogens is 1. The number of nitrogens with one attached hydrogen (secondary N) is 1. The second-order valence-electron chi connectivity index (χ2n) is 4.21. The monoisotopic (exact) mass is 323 g/mol. The third kappa shape index (κ3) is 2.63. The van der Waals surface area contributed by atoms with E-state index in [9.17, 15) is 9.59 Å². The van der Waals surface area contributed by atoms with Gasteiger partial charge in [-0.3, -0.25) is 13.9 Å². The van der Waals surface area contributed by atoms with Crippen molar-refractivity contribution in [2.45, 2.75) is 6.54 Å². The molecule has 1 aromatic heterocycles. The highest BCUT2D eigenvalue weighted by molar-refractivity contribution is 9.10. The number of benzene rings is 1. The minimum absolute atomic E-state index is 0.348. The lowest BCUT2D eigenvalue weighted by Crippen LogP contribution is -2.38. The Morgan fingerprint density at radius 2 is 1.74 bits per heavy atom. The highest BCUT2D eigenvalue weighted by Gasteiger charge is 2.12. The highest BCUT2D eigenvalue weighted by Crippen LogP contribution is 2.16. The number of rotatable bonds is 3. The average molecular weight is 324 g/mol. The zero-order chi connectivity index (χ0) is 14.0. The van der Waals surface area contributed by atoms with Gasteiger partial charge in [-0.2, -0.15) is 0 Å². The lowest BCUT2D eigenvalue weighted by molar-refractivity contribution is 0.683. The molecule has 0 atom stereocenters. The number of anilines is 1. The molecule has 0 aliphatic heterocycles. The van der Waals surface area contributed by atoms with Gasteiger partial charge in [0.15, 0.2) is 0 Å². The molecule has 0 bridgehead atoms. The zero-order valence-electron chi connectivity index (χ0n) is 10.7. The molecule has 0 unspecified atom stereocenters. The predicted octanol–water partition coefficient (Wildman–Crippen LogP) is 1.46. The SMILES string of the molecule is Cn1c(NCc2ccccc2)c(Br)c(=O)n(C)c1=O. The van der Waals surface area contributed by atoms with Crippen LogP contribution in [0.5, 0.6) is 0 Å². The van der Waals surface area contributed by atoms with Gasteiger partial charge in [0.1, 0.15) is 10.3 Å². The van der Waals surface area contributed by atoms with Crippen LogP contribution in [0.1, 0.15) is 5.56 Å². The minimum atomic E-state index is -0.358. The maximum Gasteiger partial charge on any atom is 0.332 e. The Labute approximate surface area is 118 Å². The van der Waals surface area contributed by atoms with E-state index in [1.165, 1.54) is 11.6 Å². The summed E-state index contributed by atoms with van der Waals surface area (Å²) in [5, 5.41) is 3.11. The Hall–Kier alpha value is -1.82. The van der Waals surface area contributed by atoms with E-state index in [1.54, 1.807) is 7.05 Å². The van der Waals surface area contributed by atoms with Crippen LogP contribution in [0.25, 0.3) is 0 Å². The standard InChI is InChI=1S/C13H14BrN3O2/c1-16-11(10(14)12(18)17(2)13(16)19)15-8-9-6-4-3-5-7-9/h3-7,15H,8H2,1-2H3. The van der Waals surface area contributed by atoms with Crippen molar-refractivity contribution in [3.63, 3.8) is 0 Å². The van der Waals surface area contributed by atoms with Crippen molar-refractivity contribution >= 4 is 21.7 Å². The summed E-state index contributed by atoms with van der Waals surface area (Å²) in [5.74, 6) is 0.483. The van der Waals surface area contributed by atoms with Crippen LogP contribution in [-0.4, -0.2) is 9.13 Å². The summed E-state index contributed by atoms with van der Waals surface area (Å²) in [7, 11) is 3.08. The van der Waals surface area contributed by atoms with Gasteiger partial charge in [-0.15, -0.1) is 0 Å². The summed E-state index contributed by atoms with van der Waals surface area (Å²) >= 11 is 3.23. The number of aromatic nitrogens is 2. The second-order valence-corrected chi connectivity index (χ2v) is 5.00. The molecule has 1 heterocycles. The van der Waals surface area contributed by atoms with Crippen LogP contribution in [-0.2, 0) is 20.6 Å². The molecule has 0 fully saturated rings. The van der Waals surface area contributed by atoms with Crippen LogP contribution in [0.4, 0.5) is 5.82 Å². The Balaban J connectivity index is 2.36. The summed E-state index contributed by atoms with van der Waals surface area (Å²) in [6.07, 6.45) is 0. The van der Waals surface area contributed by atoms with Gasteiger partial charge in [-0.1, -0.05) is 30.3 Å². The largest absolute Gasteiger partial charge is 0.366 e. The van der Waals surface area contributed by atoms with Gasteiger partial charge in [0.2, 0.25) is 0 Å². The van der Waals surface area contributed by atoms with Crippen LogP contribution in [0.15, 0.2) is 44.4 Å². The van der Waals surface area contributed by atoms with Gasteiger partial charge >= 0.3 is 5.69 Å². The Morgan fingerprint density at radius 3 is 2.37 bits per heavy atom. The fourth-order valence-corrected chi connectivity index (χ4v) is 2.45. The third-order valence-electron chi connectivity index (χ3n) is 2.91. The second kappa shape index (κ2) is 5.44. The smallest absolute Gasteiger partial charge is 0.332 e. The maximum atomic E-state index is 11.8. The Kier molecular flexibility index (Phi) is 3.90. The lowest BCUT2D eigenvalue weighted by Gasteiger charge is -2.13. The molecule has 0 radical (unpaired) electrons.